The maximum atomic E-state index is 6.23. The van der Waals surface area contributed by atoms with Gasteiger partial charge in [0.25, 0.3) is 0 Å². The predicted molar refractivity (Wildman–Crippen MR) is 182 cm³/mol. The van der Waals surface area contributed by atoms with Crippen molar-refractivity contribution in [2.75, 3.05) is 0 Å². The minimum Gasteiger partial charge on any atom is -0.460 e. The zero-order valence-corrected chi connectivity index (χ0v) is 25.6. The minimum absolute atomic E-state index is 0.0322. The number of aromatic nitrogens is 3. The highest BCUT2D eigenvalue weighted by Gasteiger charge is 2.24. The smallest absolute Gasteiger partial charge is 0.164 e. The van der Waals surface area contributed by atoms with Crippen LogP contribution in [0, 0.1) is 11.3 Å². The molecule has 2 atom stereocenters. The van der Waals surface area contributed by atoms with E-state index in [0.717, 1.165) is 59.6 Å². The van der Waals surface area contributed by atoms with Gasteiger partial charge in [0, 0.05) is 39.5 Å². The first-order chi connectivity index (χ1) is 21.5. The highest BCUT2D eigenvalue weighted by atomic mass is 16.3. The van der Waals surface area contributed by atoms with Crippen molar-refractivity contribution in [1.82, 2.24) is 15.0 Å². The van der Waals surface area contributed by atoms with Gasteiger partial charge in [-0.15, -0.1) is 0 Å². The largest absolute Gasteiger partial charge is 0.460 e. The van der Waals surface area contributed by atoms with Crippen molar-refractivity contribution in [2.24, 2.45) is 11.3 Å². The van der Waals surface area contributed by atoms with Gasteiger partial charge >= 0.3 is 0 Å². The van der Waals surface area contributed by atoms with Crippen molar-refractivity contribution in [1.29, 1.82) is 0 Å². The molecule has 0 amide bonds. The second-order valence-electron chi connectivity index (χ2n) is 12.3. The lowest BCUT2D eigenvalue weighted by Gasteiger charge is -2.24. The lowest BCUT2D eigenvalue weighted by molar-refractivity contribution is 0.545. The number of aryl methyl sites for hydroxylation is 1. The van der Waals surface area contributed by atoms with Gasteiger partial charge < -0.3 is 4.42 Å². The SMILES string of the molecule is C/C=C\C=C/C1(C)C=CC(c2nc(C3=CC(C)CC=C3)nc(-c3ccc(C4=CCCc5oc6ccccc6c54)cc3)n2)=CC1. The maximum Gasteiger partial charge on any atom is 0.164 e. The Balaban J connectivity index is 1.25. The molecule has 4 aromatic rings. The van der Waals surface area contributed by atoms with Crippen LogP contribution < -0.4 is 0 Å². The van der Waals surface area contributed by atoms with Gasteiger partial charge in [-0.2, -0.15) is 0 Å². The highest BCUT2D eigenvalue weighted by Crippen LogP contribution is 2.39. The van der Waals surface area contributed by atoms with Gasteiger partial charge in [-0.05, 0) is 49.3 Å². The number of benzene rings is 2. The number of rotatable bonds is 6. The van der Waals surface area contributed by atoms with E-state index in [4.69, 9.17) is 19.4 Å². The zero-order valence-electron chi connectivity index (χ0n) is 25.6. The molecule has 3 aliphatic rings. The normalized spacial score (nSPS) is 21.5. The fourth-order valence-corrected chi connectivity index (χ4v) is 6.25. The molecule has 0 N–H and O–H groups in total. The molecule has 3 aliphatic carbocycles. The Morgan fingerprint density at radius 3 is 2.41 bits per heavy atom. The molecule has 0 bridgehead atoms. The Kier molecular flexibility index (Phi) is 7.43. The molecular formula is C40H37N3O. The average Bonchev–Trinajstić information content (AvgIpc) is 3.44. The average molecular weight is 576 g/mol. The molecule has 4 heteroatoms. The van der Waals surface area contributed by atoms with Crippen LogP contribution in [0.1, 0.15) is 68.6 Å². The van der Waals surface area contributed by atoms with Gasteiger partial charge in [0.05, 0.1) is 0 Å². The summed E-state index contributed by atoms with van der Waals surface area (Å²) in [7, 11) is 0. The molecule has 44 heavy (non-hydrogen) atoms. The maximum absolute atomic E-state index is 6.23. The summed E-state index contributed by atoms with van der Waals surface area (Å²) in [4.78, 5) is 15.0. The van der Waals surface area contributed by atoms with E-state index in [1.54, 1.807) is 0 Å². The third-order valence-electron chi connectivity index (χ3n) is 8.72. The van der Waals surface area contributed by atoms with Crippen LogP contribution in [0.5, 0.6) is 0 Å². The molecule has 0 aliphatic heterocycles. The van der Waals surface area contributed by atoms with Gasteiger partial charge in [-0.1, -0.05) is 123 Å². The highest BCUT2D eigenvalue weighted by molar-refractivity contribution is 5.98. The summed E-state index contributed by atoms with van der Waals surface area (Å²) >= 11 is 0. The summed E-state index contributed by atoms with van der Waals surface area (Å²) in [6.45, 7) is 6.51. The third-order valence-corrected chi connectivity index (χ3v) is 8.72. The Morgan fingerprint density at radius 2 is 1.64 bits per heavy atom. The first-order valence-corrected chi connectivity index (χ1v) is 15.7. The molecule has 2 unspecified atom stereocenters. The van der Waals surface area contributed by atoms with Crippen LogP contribution in [-0.2, 0) is 6.42 Å². The van der Waals surface area contributed by atoms with Crippen LogP contribution >= 0.6 is 0 Å². The molecule has 7 rings (SSSR count). The summed E-state index contributed by atoms with van der Waals surface area (Å²) in [5.74, 6) is 3.64. The molecular weight excluding hydrogens is 538 g/mol. The van der Waals surface area contributed by atoms with Crippen LogP contribution in [0.2, 0.25) is 0 Å². The zero-order chi connectivity index (χ0) is 30.1. The number of allylic oxidation sites excluding steroid dienone is 13. The van der Waals surface area contributed by atoms with E-state index < -0.39 is 0 Å². The first-order valence-electron chi connectivity index (χ1n) is 15.7. The molecule has 2 aromatic heterocycles. The van der Waals surface area contributed by atoms with Crippen molar-refractivity contribution in [3.05, 3.63) is 144 Å². The lowest BCUT2D eigenvalue weighted by Crippen LogP contribution is -2.12. The molecule has 4 nitrogen and oxygen atoms in total. The van der Waals surface area contributed by atoms with Crippen LogP contribution in [0.4, 0.5) is 0 Å². The first kappa shape index (κ1) is 28.0. The Labute approximate surface area is 259 Å². The number of hydrogen-bond acceptors (Lipinski definition) is 4. The van der Waals surface area contributed by atoms with Crippen molar-refractivity contribution >= 4 is 27.7 Å². The van der Waals surface area contributed by atoms with Gasteiger partial charge in [0.15, 0.2) is 17.5 Å². The van der Waals surface area contributed by atoms with Crippen molar-refractivity contribution in [2.45, 2.75) is 46.5 Å². The summed E-state index contributed by atoms with van der Waals surface area (Å²) in [5.41, 5.74) is 7.60. The van der Waals surface area contributed by atoms with Crippen LogP contribution in [0.25, 0.3) is 39.1 Å². The third kappa shape index (κ3) is 5.48. The van der Waals surface area contributed by atoms with E-state index in [9.17, 15) is 0 Å². The molecule has 0 saturated heterocycles. The van der Waals surface area contributed by atoms with Crippen molar-refractivity contribution in [3.63, 3.8) is 0 Å². The van der Waals surface area contributed by atoms with Gasteiger partial charge in [0.1, 0.15) is 11.3 Å². The monoisotopic (exact) mass is 575 g/mol. The van der Waals surface area contributed by atoms with Crippen LogP contribution in [0.15, 0.2) is 120 Å². The predicted octanol–water partition coefficient (Wildman–Crippen LogP) is 10.1. The number of fused-ring (bicyclic) bond motifs is 3. The second kappa shape index (κ2) is 11.7. The van der Waals surface area contributed by atoms with Gasteiger partial charge in [0.2, 0.25) is 0 Å². The topological polar surface area (TPSA) is 51.8 Å². The van der Waals surface area contributed by atoms with E-state index in [2.05, 4.69) is 117 Å². The molecule has 0 spiro atoms. The van der Waals surface area contributed by atoms with E-state index >= 15 is 0 Å². The van der Waals surface area contributed by atoms with Crippen LogP contribution in [0.3, 0.4) is 0 Å². The molecule has 2 heterocycles. The number of hydrogen-bond donors (Lipinski definition) is 0. The fraction of sp³-hybridized carbons (Fsp3) is 0.225. The van der Waals surface area contributed by atoms with E-state index in [1.807, 2.05) is 19.1 Å². The summed E-state index contributed by atoms with van der Waals surface area (Å²) in [6.07, 6.45) is 27.9. The Bertz CT molecular complexity index is 1940. The fourth-order valence-electron chi connectivity index (χ4n) is 6.25. The molecule has 218 valence electrons. The second-order valence-corrected chi connectivity index (χ2v) is 12.3. The molecule has 2 aromatic carbocycles. The molecule has 0 fully saturated rings. The Morgan fingerprint density at radius 1 is 0.864 bits per heavy atom. The van der Waals surface area contributed by atoms with Gasteiger partial charge in [-0.25, -0.2) is 15.0 Å². The molecule has 0 saturated carbocycles. The quantitative estimate of drug-likeness (QED) is 0.215. The molecule has 0 radical (unpaired) electrons. The number of para-hydroxylation sites is 1. The van der Waals surface area contributed by atoms with Gasteiger partial charge in [-0.3, -0.25) is 0 Å². The minimum atomic E-state index is -0.0322. The van der Waals surface area contributed by atoms with E-state index in [-0.39, 0.29) is 5.41 Å². The Hall–Kier alpha value is -4.83. The number of nitrogens with zero attached hydrogens (tertiary/aromatic N) is 3. The lowest BCUT2D eigenvalue weighted by atomic mass is 9.81. The standard InChI is InChI=1S/C40H37N3O/c1-4-5-8-23-40(3)24-21-30(22-25-40)38-41-37(42-39(43-38)31-12-9-11-27(2)26-31)29-19-17-28(18-20-29)32-14-10-16-35-36(32)33-13-6-7-15-34(33)44-35/h4-9,12-15,17-24,26-27H,10-11,16,25H2,1-3H3/b5-4-,23-8-. The van der Waals surface area contributed by atoms with Crippen molar-refractivity contribution < 1.29 is 4.42 Å². The summed E-state index contributed by atoms with van der Waals surface area (Å²) in [5, 5.41) is 1.18. The van der Waals surface area contributed by atoms with E-state index in [1.165, 1.54) is 22.1 Å². The van der Waals surface area contributed by atoms with E-state index in [0.29, 0.717) is 17.6 Å². The number of furan rings is 1. The van der Waals surface area contributed by atoms with Crippen molar-refractivity contribution in [3.8, 4) is 11.4 Å². The van der Waals surface area contributed by atoms with Crippen LogP contribution in [-0.4, -0.2) is 15.0 Å². The summed E-state index contributed by atoms with van der Waals surface area (Å²) in [6, 6.07) is 17.0. The summed E-state index contributed by atoms with van der Waals surface area (Å²) < 4.78 is 6.23.